The monoisotopic (exact) mass is 444 g/mol. The van der Waals surface area contributed by atoms with E-state index in [1.807, 2.05) is 26.0 Å². The molecule has 0 aliphatic carbocycles. The fourth-order valence-electron chi connectivity index (χ4n) is 4.18. The van der Waals surface area contributed by atoms with Gasteiger partial charge >= 0.3 is 0 Å². The van der Waals surface area contributed by atoms with Gasteiger partial charge in [0, 0.05) is 17.8 Å². The first kappa shape index (κ1) is 20.6. The summed E-state index contributed by atoms with van der Waals surface area (Å²) in [6.45, 7) is 3.85. The third-order valence-electron chi connectivity index (χ3n) is 6.02. The molecule has 2 heterocycles. The number of aryl methyl sites for hydroxylation is 2. The highest BCUT2D eigenvalue weighted by atomic mass is 19.1. The second-order valence-corrected chi connectivity index (χ2v) is 8.01. The van der Waals surface area contributed by atoms with Crippen molar-refractivity contribution in [3.05, 3.63) is 115 Å². The Labute approximate surface area is 186 Å². The first-order valence-corrected chi connectivity index (χ1v) is 10.2. The number of carbonyl (C=O) groups excluding carboxylic acids is 1. The maximum atomic E-state index is 13.9. The van der Waals surface area contributed by atoms with Gasteiger partial charge in [-0.2, -0.15) is 0 Å². The van der Waals surface area contributed by atoms with E-state index in [-0.39, 0.29) is 28.0 Å². The zero-order valence-electron chi connectivity index (χ0n) is 17.7. The van der Waals surface area contributed by atoms with E-state index in [4.69, 9.17) is 4.42 Å². The molecule has 1 aromatic heterocycles. The van der Waals surface area contributed by atoms with Crippen molar-refractivity contribution in [3.63, 3.8) is 0 Å². The van der Waals surface area contributed by atoms with Gasteiger partial charge in [0.1, 0.15) is 11.4 Å². The molecule has 7 nitrogen and oxygen atoms in total. The quantitative estimate of drug-likeness (QED) is 0.320. The molecule has 0 saturated heterocycles. The van der Waals surface area contributed by atoms with Crippen LogP contribution in [0.1, 0.15) is 38.9 Å². The van der Waals surface area contributed by atoms with Crippen LogP contribution in [0.4, 0.5) is 15.8 Å². The van der Waals surface area contributed by atoms with Gasteiger partial charge in [0.25, 0.3) is 11.6 Å². The molecule has 1 unspecified atom stereocenters. The zero-order chi connectivity index (χ0) is 23.4. The van der Waals surface area contributed by atoms with Crippen molar-refractivity contribution < 1.29 is 18.5 Å². The summed E-state index contributed by atoms with van der Waals surface area (Å²) < 4.78 is 19.7. The minimum Gasteiger partial charge on any atom is -0.450 e. The molecule has 164 valence electrons. The molecule has 0 radical (unpaired) electrons. The molecule has 0 saturated carbocycles. The number of nitro groups is 1. The van der Waals surface area contributed by atoms with Crippen LogP contribution in [0.15, 0.2) is 69.9 Å². The van der Waals surface area contributed by atoms with E-state index in [1.165, 1.54) is 35.2 Å². The van der Waals surface area contributed by atoms with Crippen molar-refractivity contribution in [2.75, 3.05) is 4.90 Å². The molecular weight excluding hydrogens is 427 g/mol. The van der Waals surface area contributed by atoms with E-state index in [0.29, 0.717) is 11.3 Å². The number of amides is 1. The van der Waals surface area contributed by atoms with Crippen molar-refractivity contribution in [3.8, 4) is 0 Å². The molecule has 0 N–H and O–H groups in total. The topological polar surface area (TPSA) is 93.7 Å². The van der Waals surface area contributed by atoms with Crippen molar-refractivity contribution in [1.82, 2.24) is 0 Å². The molecule has 1 atom stereocenters. The van der Waals surface area contributed by atoms with Crippen LogP contribution < -0.4 is 10.3 Å². The van der Waals surface area contributed by atoms with Crippen LogP contribution >= 0.6 is 0 Å². The maximum absolute atomic E-state index is 13.9. The Morgan fingerprint density at radius 2 is 1.70 bits per heavy atom. The van der Waals surface area contributed by atoms with Gasteiger partial charge in [-0.1, -0.05) is 6.07 Å². The lowest BCUT2D eigenvalue weighted by molar-refractivity contribution is -0.384. The van der Waals surface area contributed by atoms with Gasteiger partial charge in [-0.3, -0.25) is 24.6 Å². The molecule has 1 amide bonds. The summed E-state index contributed by atoms with van der Waals surface area (Å²) in [5.74, 6) is -1.24. The summed E-state index contributed by atoms with van der Waals surface area (Å²) in [5.41, 5.74) is 2.57. The summed E-state index contributed by atoms with van der Waals surface area (Å²) in [7, 11) is 0. The van der Waals surface area contributed by atoms with Gasteiger partial charge in [-0.05, 0) is 73.0 Å². The van der Waals surface area contributed by atoms with Crippen LogP contribution in [0.25, 0.3) is 11.0 Å². The predicted octanol–water partition coefficient (Wildman–Crippen LogP) is 5.21. The molecule has 3 aromatic carbocycles. The number of rotatable bonds is 3. The number of anilines is 1. The van der Waals surface area contributed by atoms with E-state index in [2.05, 4.69) is 0 Å². The van der Waals surface area contributed by atoms with Crippen LogP contribution in [0.5, 0.6) is 0 Å². The predicted molar refractivity (Wildman–Crippen MR) is 120 cm³/mol. The van der Waals surface area contributed by atoms with Gasteiger partial charge in [0.2, 0.25) is 5.76 Å². The van der Waals surface area contributed by atoms with E-state index in [9.17, 15) is 24.1 Å². The van der Waals surface area contributed by atoms with Crippen LogP contribution in [0.3, 0.4) is 0 Å². The third-order valence-corrected chi connectivity index (χ3v) is 6.02. The number of halogens is 1. The van der Waals surface area contributed by atoms with E-state index in [0.717, 1.165) is 23.3 Å². The van der Waals surface area contributed by atoms with Gasteiger partial charge in [0.15, 0.2) is 5.43 Å². The molecule has 0 spiro atoms. The largest absolute Gasteiger partial charge is 0.450 e. The first-order valence-electron chi connectivity index (χ1n) is 10.2. The number of hydrogen-bond donors (Lipinski definition) is 0. The Hall–Kier alpha value is -4.33. The van der Waals surface area contributed by atoms with Crippen molar-refractivity contribution in [2.24, 2.45) is 0 Å². The second-order valence-electron chi connectivity index (χ2n) is 8.01. The summed E-state index contributed by atoms with van der Waals surface area (Å²) in [4.78, 5) is 39.0. The zero-order valence-corrected chi connectivity index (χ0v) is 17.7. The standard InChI is InChI=1S/C25H17FN2O5/c1-13-3-7-18(11-14(13)2)27-22(15-4-8-17(9-5-15)28(31)32)21-23(29)19-12-16(26)6-10-20(19)33-24(21)25(27)30/h3-12,22H,1-2H3. The Morgan fingerprint density at radius 3 is 2.36 bits per heavy atom. The van der Waals surface area contributed by atoms with Crippen LogP contribution in [0, 0.1) is 29.8 Å². The summed E-state index contributed by atoms with van der Waals surface area (Å²) in [5, 5.41) is 11.1. The van der Waals surface area contributed by atoms with Gasteiger partial charge < -0.3 is 4.42 Å². The van der Waals surface area contributed by atoms with E-state index >= 15 is 0 Å². The Morgan fingerprint density at radius 1 is 0.970 bits per heavy atom. The molecule has 0 fully saturated rings. The SMILES string of the molecule is Cc1ccc(N2C(=O)c3oc4ccc(F)cc4c(=O)c3C2c2ccc([N+](=O)[O-])cc2)cc1C. The molecule has 1 aliphatic rings. The molecule has 8 heteroatoms. The smallest absolute Gasteiger partial charge is 0.295 e. The molecule has 33 heavy (non-hydrogen) atoms. The van der Waals surface area contributed by atoms with E-state index < -0.39 is 28.1 Å². The molecule has 0 bridgehead atoms. The maximum Gasteiger partial charge on any atom is 0.295 e. The highest BCUT2D eigenvalue weighted by Crippen LogP contribution is 2.42. The molecular formula is C25H17FN2O5. The lowest BCUT2D eigenvalue weighted by Crippen LogP contribution is -2.29. The number of non-ortho nitro benzene ring substituents is 1. The number of carbonyl (C=O) groups is 1. The minimum atomic E-state index is -0.890. The fourth-order valence-corrected chi connectivity index (χ4v) is 4.18. The second kappa shape index (κ2) is 7.37. The lowest BCUT2D eigenvalue weighted by atomic mass is 9.97. The van der Waals surface area contributed by atoms with Crippen LogP contribution in [-0.2, 0) is 0 Å². The number of benzene rings is 3. The number of nitrogens with zero attached hydrogens (tertiary/aromatic N) is 2. The summed E-state index contributed by atoms with van der Waals surface area (Å²) >= 11 is 0. The molecule has 1 aliphatic heterocycles. The van der Waals surface area contributed by atoms with Crippen molar-refractivity contribution >= 4 is 28.3 Å². The van der Waals surface area contributed by atoms with Crippen LogP contribution in [0.2, 0.25) is 0 Å². The van der Waals surface area contributed by atoms with Gasteiger partial charge in [0.05, 0.1) is 21.9 Å². The fraction of sp³-hybridized carbons (Fsp3) is 0.120. The molecule has 5 rings (SSSR count). The third kappa shape index (κ3) is 3.18. The van der Waals surface area contributed by atoms with Gasteiger partial charge in [-0.25, -0.2) is 4.39 Å². The highest BCUT2D eigenvalue weighted by molar-refractivity contribution is 6.10. The highest BCUT2D eigenvalue weighted by Gasteiger charge is 2.43. The summed E-state index contributed by atoms with van der Waals surface area (Å²) in [6.07, 6.45) is 0. The number of hydrogen-bond acceptors (Lipinski definition) is 5. The van der Waals surface area contributed by atoms with Crippen molar-refractivity contribution in [2.45, 2.75) is 19.9 Å². The first-order chi connectivity index (χ1) is 15.8. The van der Waals surface area contributed by atoms with Crippen LogP contribution in [-0.4, -0.2) is 10.8 Å². The number of nitro benzene ring substituents is 1. The average molecular weight is 444 g/mol. The van der Waals surface area contributed by atoms with Gasteiger partial charge in [-0.15, -0.1) is 0 Å². The molecule has 4 aromatic rings. The van der Waals surface area contributed by atoms with Crippen molar-refractivity contribution in [1.29, 1.82) is 0 Å². The Balaban J connectivity index is 1.79. The Kier molecular flexibility index (Phi) is 4.59. The van der Waals surface area contributed by atoms with E-state index in [1.54, 1.807) is 6.07 Å². The number of fused-ring (bicyclic) bond motifs is 2. The minimum absolute atomic E-state index is 0.0235. The Bertz CT molecular complexity index is 1520. The average Bonchev–Trinajstić information content (AvgIpc) is 3.09. The normalized spacial score (nSPS) is 15.2. The lowest BCUT2D eigenvalue weighted by Gasteiger charge is -2.25. The summed E-state index contributed by atoms with van der Waals surface area (Å²) in [6, 6.07) is 13.8.